The number of nitrogens with zero attached hydrogens (tertiary/aromatic N) is 3. The molecule has 0 saturated carbocycles. The third-order valence-corrected chi connectivity index (χ3v) is 2.45. The molecule has 1 unspecified atom stereocenters. The van der Waals surface area contributed by atoms with Gasteiger partial charge in [-0.1, -0.05) is 11.2 Å². The maximum atomic E-state index is 5.34. The predicted octanol–water partition coefficient (Wildman–Crippen LogP) is 2.60. The van der Waals surface area contributed by atoms with Crippen LogP contribution in [0.15, 0.2) is 17.2 Å². The van der Waals surface area contributed by atoms with Crippen LogP contribution in [0.4, 0.5) is 0 Å². The van der Waals surface area contributed by atoms with Gasteiger partial charge in [0, 0.05) is 26.6 Å². The van der Waals surface area contributed by atoms with Gasteiger partial charge in [-0.2, -0.15) is 4.98 Å². The minimum absolute atomic E-state index is 0.130. The van der Waals surface area contributed by atoms with Crippen molar-refractivity contribution in [2.75, 3.05) is 20.7 Å². The monoisotopic (exact) mass is 255 g/mol. The summed E-state index contributed by atoms with van der Waals surface area (Å²) in [7, 11) is 3.70. The summed E-state index contributed by atoms with van der Waals surface area (Å²) in [5.41, 5.74) is 0. The molecule has 0 fully saturated rings. The number of allylic oxidation sites excluding steroid dienone is 1. The molecule has 0 amide bonds. The van der Waals surface area contributed by atoms with E-state index < -0.39 is 0 Å². The molecule has 0 aliphatic carbocycles. The molecule has 0 aromatic carbocycles. The molecule has 5 heteroatoms. The lowest BCUT2D eigenvalue weighted by molar-refractivity contribution is 0.0552. The Kier molecular flexibility index (Phi) is 8.24. The number of ether oxygens (including phenoxy) is 1. The van der Waals surface area contributed by atoms with Gasteiger partial charge in [-0.15, -0.1) is 6.58 Å². The molecular weight excluding hydrogens is 230 g/mol. The fraction of sp³-hybridized carbons (Fsp3) is 0.692. The van der Waals surface area contributed by atoms with Crippen LogP contribution in [0.1, 0.15) is 38.6 Å². The van der Waals surface area contributed by atoms with Crippen LogP contribution in [0.3, 0.4) is 0 Å². The molecule has 0 spiro atoms. The molecule has 1 rings (SSSR count). The second-order valence-electron chi connectivity index (χ2n) is 4.34. The van der Waals surface area contributed by atoms with Gasteiger partial charge in [-0.05, 0) is 27.8 Å². The summed E-state index contributed by atoms with van der Waals surface area (Å²) in [5.74, 6) is 1.18. The average molecular weight is 255 g/mol. The van der Waals surface area contributed by atoms with Crippen molar-refractivity contribution in [1.29, 1.82) is 0 Å². The van der Waals surface area contributed by atoms with E-state index in [1.807, 2.05) is 14.0 Å². The maximum Gasteiger partial charge on any atom is 0.223 e. The van der Waals surface area contributed by atoms with Crippen LogP contribution in [-0.2, 0) is 4.74 Å². The van der Waals surface area contributed by atoms with E-state index in [4.69, 9.17) is 9.26 Å². The summed E-state index contributed by atoms with van der Waals surface area (Å²) in [6.07, 6.45) is 1.62. The fourth-order valence-electron chi connectivity index (χ4n) is 1.18. The molecule has 0 N–H and O–H groups in total. The van der Waals surface area contributed by atoms with Crippen LogP contribution >= 0.6 is 0 Å². The van der Waals surface area contributed by atoms with Crippen molar-refractivity contribution < 1.29 is 9.26 Å². The predicted molar refractivity (Wildman–Crippen MR) is 72.4 cm³/mol. The molecule has 0 saturated heterocycles. The second-order valence-corrected chi connectivity index (χ2v) is 4.34. The van der Waals surface area contributed by atoms with E-state index in [-0.39, 0.29) is 6.10 Å². The Labute approximate surface area is 110 Å². The molecule has 5 nitrogen and oxygen atoms in total. The molecule has 18 heavy (non-hydrogen) atoms. The molecule has 1 heterocycles. The lowest BCUT2D eigenvalue weighted by Crippen LogP contribution is -2.31. The first-order chi connectivity index (χ1) is 8.46. The normalized spacial score (nSPS) is 12.2. The van der Waals surface area contributed by atoms with Gasteiger partial charge in [0.2, 0.25) is 11.7 Å². The second kappa shape index (κ2) is 8.83. The number of hydrogen-bond donors (Lipinski definition) is 0. The molecule has 1 aromatic heterocycles. The van der Waals surface area contributed by atoms with Crippen LogP contribution < -0.4 is 0 Å². The lowest BCUT2D eigenvalue weighted by atomic mass is 10.2. The number of hydrogen-bond acceptors (Lipinski definition) is 5. The third kappa shape index (κ3) is 5.93. The van der Waals surface area contributed by atoms with Crippen LogP contribution in [0.5, 0.6) is 0 Å². The van der Waals surface area contributed by atoms with Crippen molar-refractivity contribution in [1.82, 2.24) is 15.0 Å². The van der Waals surface area contributed by atoms with Crippen molar-refractivity contribution in [3.63, 3.8) is 0 Å². The van der Waals surface area contributed by atoms with Crippen LogP contribution in [0, 0.1) is 6.92 Å². The number of likely N-dealkylation sites (N-methyl/N-ethyl adjacent to an activating group) is 1. The first kappa shape index (κ1) is 16.8. The highest BCUT2D eigenvalue weighted by Gasteiger charge is 2.19. The first-order valence-electron chi connectivity index (χ1n) is 6.06. The van der Waals surface area contributed by atoms with Gasteiger partial charge in [0.25, 0.3) is 0 Å². The van der Waals surface area contributed by atoms with Crippen molar-refractivity contribution in [2.24, 2.45) is 0 Å². The van der Waals surface area contributed by atoms with E-state index in [0.29, 0.717) is 17.8 Å². The highest BCUT2D eigenvalue weighted by Crippen LogP contribution is 2.15. The van der Waals surface area contributed by atoms with Gasteiger partial charge >= 0.3 is 0 Å². The van der Waals surface area contributed by atoms with E-state index >= 15 is 0 Å². The SMILES string of the molecule is C=CC.COC(CN(C)C(C)C)c1noc(C)n1. The van der Waals surface area contributed by atoms with Crippen molar-refractivity contribution in [3.8, 4) is 0 Å². The van der Waals surface area contributed by atoms with Gasteiger partial charge in [-0.25, -0.2) is 0 Å². The smallest absolute Gasteiger partial charge is 0.223 e. The zero-order valence-corrected chi connectivity index (χ0v) is 12.3. The largest absolute Gasteiger partial charge is 0.372 e. The fourth-order valence-corrected chi connectivity index (χ4v) is 1.18. The Hall–Kier alpha value is -1.20. The standard InChI is InChI=1S/C10H19N3O2.C3H6/c1-7(2)13(4)6-9(14-5)10-11-8(3)15-12-10;1-3-2/h7,9H,6H2,1-5H3;3H,1H2,2H3. The Bertz CT molecular complexity index is 337. The van der Waals surface area contributed by atoms with Crippen LogP contribution in [0.25, 0.3) is 0 Å². The van der Waals surface area contributed by atoms with Crippen LogP contribution in [0.2, 0.25) is 0 Å². The summed E-state index contributed by atoms with van der Waals surface area (Å²) in [6.45, 7) is 12.0. The minimum atomic E-state index is -0.130. The molecule has 0 aliphatic heterocycles. The van der Waals surface area contributed by atoms with E-state index in [2.05, 4.69) is 35.5 Å². The zero-order valence-electron chi connectivity index (χ0n) is 12.3. The summed E-state index contributed by atoms with van der Waals surface area (Å²) >= 11 is 0. The van der Waals surface area contributed by atoms with Gasteiger partial charge < -0.3 is 14.2 Å². The number of aromatic nitrogens is 2. The molecule has 104 valence electrons. The lowest BCUT2D eigenvalue weighted by Gasteiger charge is -2.24. The summed E-state index contributed by atoms with van der Waals surface area (Å²) < 4.78 is 10.3. The van der Waals surface area contributed by atoms with Crippen LogP contribution in [-0.4, -0.2) is 41.8 Å². The highest BCUT2D eigenvalue weighted by atomic mass is 16.5. The molecular formula is C13H25N3O2. The molecule has 0 bridgehead atoms. The highest BCUT2D eigenvalue weighted by molar-refractivity contribution is 4.91. The molecule has 0 aliphatic rings. The maximum absolute atomic E-state index is 5.34. The Morgan fingerprint density at radius 1 is 1.50 bits per heavy atom. The summed E-state index contributed by atoms with van der Waals surface area (Å²) in [4.78, 5) is 6.35. The number of aryl methyl sites for hydroxylation is 1. The topological polar surface area (TPSA) is 51.4 Å². The van der Waals surface area contributed by atoms with E-state index in [1.54, 1.807) is 20.1 Å². The van der Waals surface area contributed by atoms with E-state index in [9.17, 15) is 0 Å². The first-order valence-corrected chi connectivity index (χ1v) is 6.06. The Morgan fingerprint density at radius 2 is 2.06 bits per heavy atom. The van der Waals surface area contributed by atoms with Crippen molar-refractivity contribution in [2.45, 2.75) is 39.8 Å². The third-order valence-electron chi connectivity index (χ3n) is 2.45. The number of rotatable bonds is 5. The molecule has 1 aromatic rings. The van der Waals surface area contributed by atoms with Gasteiger partial charge in [0.05, 0.1) is 0 Å². The van der Waals surface area contributed by atoms with Gasteiger partial charge in [0.1, 0.15) is 6.10 Å². The molecule has 0 radical (unpaired) electrons. The Balaban J connectivity index is 0.000000873. The van der Waals surface area contributed by atoms with Crippen molar-refractivity contribution in [3.05, 3.63) is 24.4 Å². The average Bonchev–Trinajstić information content (AvgIpc) is 2.73. The number of methoxy groups -OCH3 is 1. The summed E-state index contributed by atoms with van der Waals surface area (Å²) in [5, 5.41) is 3.86. The van der Waals surface area contributed by atoms with Gasteiger partial charge in [-0.3, -0.25) is 0 Å². The van der Waals surface area contributed by atoms with E-state index in [0.717, 1.165) is 6.54 Å². The van der Waals surface area contributed by atoms with E-state index in [1.165, 1.54) is 0 Å². The summed E-state index contributed by atoms with van der Waals surface area (Å²) in [6, 6.07) is 0.468. The molecule has 1 atom stereocenters. The minimum Gasteiger partial charge on any atom is -0.372 e. The van der Waals surface area contributed by atoms with Crippen molar-refractivity contribution >= 4 is 0 Å². The zero-order chi connectivity index (χ0) is 14.1. The quantitative estimate of drug-likeness (QED) is 0.757. The Morgan fingerprint density at radius 3 is 2.39 bits per heavy atom. The van der Waals surface area contributed by atoms with Gasteiger partial charge in [0.15, 0.2) is 0 Å².